The Kier molecular flexibility index (Phi) is 5.25. The third-order valence-electron chi connectivity index (χ3n) is 4.31. The molecule has 0 radical (unpaired) electrons. The molecule has 1 aliphatic heterocycles. The largest absolute Gasteiger partial charge is 0.481 e. The third-order valence-corrected chi connectivity index (χ3v) is 4.31. The van der Waals surface area contributed by atoms with Crippen LogP contribution in [0.15, 0.2) is 30.9 Å². The minimum Gasteiger partial charge on any atom is -0.481 e. The number of hydrogen-bond acceptors (Lipinski definition) is 5. The van der Waals surface area contributed by atoms with Crippen LogP contribution in [0.1, 0.15) is 24.6 Å². The van der Waals surface area contributed by atoms with Crippen LogP contribution in [0.3, 0.4) is 0 Å². The highest BCUT2D eigenvalue weighted by Gasteiger charge is 2.25. The predicted octanol–water partition coefficient (Wildman–Crippen LogP) is 2.10. The first-order valence-electron chi connectivity index (χ1n) is 8.10. The Morgan fingerprint density at radius 3 is 3.13 bits per heavy atom. The second-order valence-electron chi connectivity index (χ2n) is 5.76. The van der Waals surface area contributed by atoms with Crippen molar-refractivity contribution in [1.82, 2.24) is 19.4 Å². The fraction of sp³-hybridized carbons (Fsp3) is 0.529. The van der Waals surface area contributed by atoms with Crippen LogP contribution in [-0.2, 0) is 24.4 Å². The van der Waals surface area contributed by atoms with Crippen molar-refractivity contribution >= 4 is 0 Å². The van der Waals surface area contributed by atoms with Crippen molar-refractivity contribution in [3.05, 3.63) is 42.1 Å². The number of ether oxygens (including phenoxy) is 2. The van der Waals surface area contributed by atoms with Crippen LogP contribution in [-0.4, -0.2) is 45.8 Å². The number of fused-ring (bicyclic) bond motifs is 1. The molecule has 0 spiro atoms. The van der Waals surface area contributed by atoms with Gasteiger partial charge in [-0.05, 0) is 19.4 Å². The summed E-state index contributed by atoms with van der Waals surface area (Å²) < 4.78 is 13.4. The average Bonchev–Trinajstić information content (AvgIpc) is 2.95. The Morgan fingerprint density at radius 2 is 2.30 bits per heavy atom. The van der Waals surface area contributed by atoms with Crippen molar-refractivity contribution in [2.75, 3.05) is 20.3 Å². The van der Waals surface area contributed by atoms with Crippen LogP contribution in [0.4, 0.5) is 0 Å². The molecule has 0 bridgehead atoms. The smallest absolute Gasteiger partial charge is 0.217 e. The second-order valence-corrected chi connectivity index (χ2v) is 5.76. The first-order valence-corrected chi connectivity index (χ1v) is 8.10. The molecule has 1 unspecified atom stereocenters. The molecule has 3 rings (SSSR count). The van der Waals surface area contributed by atoms with Crippen molar-refractivity contribution in [2.45, 2.75) is 39.0 Å². The molecular weight excluding hydrogens is 292 g/mol. The Hall–Kier alpha value is -1.92. The number of pyridine rings is 1. The highest BCUT2D eigenvalue weighted by molar-refractivity contribution is 5.25. The molecular formula is C17H24N4O2. The van der Waals surface area contributed by atoms with Gasteiger partial charge in [-0.15, -0.1) is 0 Å². The first kappa shape index (κ1) is 16.0. The van der Waals surface area contributed by atoms with Gasteiger partial charge in [-0.2, -0.15) is 0 Å². The van der Waals surface area contributed by atoms with Crippen LogP contribution in [0.25, 0.3) is 0 Å². The first-order chi connectivity index (χ1) is 11.3. The van der Waals surface area contributed by atoms with Gasteiger partial charge in [-0.1, -0.05) is 6.07 Å². The predicted molar refractivity (Wildman–Crippen MR) is 87.2 cm³/mol. The Morgan fingerprint density at radius 1 is 1.39 bits per heavy atom. The molecule has 124 valence electrons. The van der Waals surface area contributed by atoms with Crippen molar-refractivity contribution in [2.24, 2.45) is 0 Å². The zero-order valence-electron chi connectivity index (χ0n) is 13.8. The van der Waals surface area contributed by atoms with E-state index in [-0.39, 0.29) is 0 Å². The normalized spacial score (nSPS) is 18.4. The molecule has 2 aromatic rings. The molecule has 6 heteroatoms. The SMILES string of the molecule is CCOCC1CCn2cncc2CN1Cc1cccnc1OC. The maximum atomic E-state index is 5.72. The molecule has 0 fully saturated rings. The number of aryl methyl sites for hydroxylation is 1. The van der Waals surface area contributed by atoms with E-state index in [2.05, 4.69) is 25.5 Å². The van der Waals surface area contributed by atoms with Crippen molar-refractivity contribution in [3.63, 3.8) is 0 Å². The molecule has 1 aliphatic rings. The minimum atomic E-state index is 0.375. The molecule has 6 nitrogen and oxygen atoms in total. The summed E-state index contributed by atoms with van der Waals surface area (Å²) in [4.78, 5) is 11.0. The summed E-state index contributed by atoms with van der Waals surface area (Å²) in [6, 6.07) is 4.41. The molecule has 23 heavy (non-hydrogen) atoms. The topological polar surface area (TPSA) is 52.4 Å². The Balaban J connectivity index is 1.82. The minimum absolute atomic E-state index is 0.375. The molecule has 0 saturated heterocycles. The van der Waals surface area contributed by atoms with E-state index in [0.717, 1.165) is 44.8 Å². The maximum Gasteiger partial charge on any atom is 0.217 e. The monoisotopic (exact) mass is 316 g/mol. The molecule has 0 N–H and O–H groups in total. The van der Waals surface area contributed by atoms with Gasteiger partial charge in [-0.3, -0.25) is 4.90 Å². The van der Waals surface area contributed by atoms with Crippen molar-refractivity contribution < 1.29 is 9.47 Å². The lowest BCUT2D eigenvalue weighted by molar-refractivity contribution is 0.0554. The summed E-state index contributed by atoms with van der Waals surface area (Å²) >= 11 is 0. The third kappa shape index (κ3) is 3.71. The fourth-order valence-corrected chi connectivity index (χ4v) is 3.06. The number of methoxy groups -OCH3 is 1. The van der Waals surface area contributed by atoms with Gasteiger partial charge in [0.15, 0.2) is 0 Å². The fourth-order valence-electron chi connectivity index (χ4n) is 3.06. The average molecular weight is 316 g/mol. The van der Waals surface area contributed by atoms with Crippen LogP contribution in [0.2, 0.25) is 0 Å². The van der Waals surface area contributed by atoms with E-state index in [4.69, 9.17) is 9.47 Å². The molecule has 1 atom stereocenters. The van der Waals surface area contributed by atoms with Crippen molar-refractivity contribution in [3.8, 4) is 5.88 Å². The van der Waals surface area contributed by atoms with Gasteiger partial charge >= 0.3 is 0 Å². The molecule has 0 amide bonds. The highest BCUT2D eigenvalue weighted by Crippen LogP contribution is 2.23. The van der Waals surface area contributed by atoms with Crippen LogP contribution < -0.4 is 4.74 Å². The van der Waals surface area contributed by atoms with E-state index in [1.165, 1.54) is 5.69 Å². The Bertz CT molecular complexity index is 629. The maximum absolute atomic E-state index is 5.72. The summed E-state index contributed by atoms with van der Waals surface area (Å²) in [5, 5.41) is 0. The summed E-state index contributed by atoms with van der Waals surface area (Å²) in [6.07, 6.45) is 6.68. The molecule has 2 aromatic heterocycles. The molecule has 0 aromatic carbocycles. The number of hydrogen-bond donors (Lipinski definition) is 0. The number of imidazole rings is 1. The standard InChI is InChI=1S/C17H24N4O2/c1-3-23-12-15-6-8-20-13-18-9-16(20)11-21(15)10-14-5-4-7-19-17(14)22-2/h4-5,7,9,13,15H,3,6,8,10-12H2,1-2H3. The van der Waals surface area contributed by atoms with Crippen LogP contribution in [0.5, 0.6) is 5.88 Å². The van der Waals surface area contributed by atoms with Gasteiger partial charge in [0.25, 0.3) is 0 Å². The summed E-state index contributed by atoms with van der Waals surface area (Å²) in [6.45, 7) is 6.16. The summed E-state index contributed by atoms with van der Waals surface area (Å²) in [5.74, 6) is 0.695. The van der Waals surface area contributed by atoms with Gasteiger partial charge in [0, 0.05) is 50.2 Å². The van der Waals surface area contributed by atoms with Gasteiger partial charge in [0.1, 0.15) is 0 Å². The lowest BCUT2D eigenvalue weighted by Gasteiger charge is -2.29. The summed E-state index contributed by atoms with van der Waals surface area (Å²) in [5.41, 5.74) is 2.34. The second kappa shape index (κ2) is 7.57. The van der Waals surface area contributed by atoms with E-state index >= 15 is 0 Å². The molecule has 0 saturated carbocycles. The van der Waals surface area contributed by atoms with Crippen molar-refractivity contribution in [1.29, 1.82) is 0 Å². The van der Waals surface area contributed by atoms with E-state index in [0.29, 0.717) is 11.9 Å². The highest BCUT2D eigenvalue weighted by atomic mass is 16.5. The van der Waals surface area contributed by atoms with Crippen LogP contribution >= 0.6 is 0 Å². The van der Waals surface area contributed by atoms with E-state index in [1.54, 1.807) is 13.3 Å². The number of aromatic nitrogens is 3. The summed E-state index contributed by atoms with van der Waals surface area (Å²) in [7, 11) is 1.67. The van der Waals surface area contributed by atoms with Gasteiger partial charge in [0.2, 0.25) is 5.88 Å². The zero-order chi connectivity index (χ0) is 16.1. The lowest BCUT2D eigenvalue weighted by atomic mass is 10.1. The van der Waals surface area contributed by atoms with E-state index in [9.17, 15) is 0 Å². The number of rotatable bonds is 6. The van der Waals surface area contributed by atoms with E-state index in [1.807, 2.05) is 25.5 Å². The quantitative estimate of drug-likeness (QED) is 0.817. The Labute approximate surface area is 137 Å². The molecule has 3 heterocycles. The zero-order valence-corrected chi connectivity index (χ0v) is 13.8. The lowest BCUT2D eigenvalue weighted by Crippen LogP contribution is -2.37. The van der Waals surface area contributed by atoms with Gasteiger partial charge in [0.05, 0.1) is 25.7 Å². The molecule has 0 aliphatic carbocycles. The van der Waals surface area contributed by atoms with Crippen LogP contribution in [0, 0.1) is 0 Å². The number of nitrogens with zero attached hydrogens (tertiary/aromatic N) is 4. The van der Waals surface area contributed by atoms with Gasteiger partial charge in [-0.25, -0.2) is 9.97 Å². The van der Waals surface area contributed by atoms with E-state index < -0.39 is 0 Å². The van der Waals surface area contributed by atoms with Gasteiger partial charge < -0.3 is 14.0 Å².